The molecule has 132 valence electrons. The molecule has 1 aliphatic heterocycles. The normalized spacial score (nSPS) is 20.2. The Balaban J connectivity index is 1.84. The first kappa shape index (κ1) is 17.4. The maximum absolute atomic E-state index is 12.9. The fraction of sp³-hybridized carbons (Fsp3) is 0.611. The summed E-state index contributed by atoms with van der Waals surface area (Å²) in [5.41, 5.74) is 1.13. The molecule has 6 heteroatoms. The monoisotopic (exact) mass is 350 g/mol. The van der Waals surface area contributed by atoms with Gasteiger partial charge in [0.25, 0.3) is 5.91 Å². The van der Waals surface area contributed by atoms with Crippen LogP contribution >= 0.6 is 0 Å². The number of piperidine rings is 1. The van der Waals surface area contributed by atoms with Gasteiger partial charge in [0.1, 0.15) is 0 Å². The third-order valence-corrected chi connectivity index (χ3v) is 7.11. The van der Waals surface area contributed by atoms with Crippen LogP contribution in [0, 0.1) is 6.92 Å². The van der Waals surface area contributed by atoms with Crippen LogP contribution < -0.4 is 5.32 Å². The molecular weight excluding hydrogens is 324 g/mol. The number of aryl methyl sites for hydroxylation is 1. The Hall–Kier alpha value is -1.40. The van der Waals surface area contributed by atoms with Crippen LogP contribution in [0.15, 0.2) is 23.1 Å². The third-order valence-electron chi connectivity index (χ3n) is 5.07. The van der Waals surface area contributed by atoms with E-state index in [9.17, 15) is 13.2 Å². The number of carbonyl (C=O) groups excluding carboxylic acids is 1. The molecule has 0 atom stereocenters. The molecule has 1 aromatic carbocycles. The topological polar surface area (TPSA) is 66.5 Å². The molecular formula is C18H26N2O3S. The van der Waals surface area contributed by atoms with E-state index in [1.165, 1.54) is 0 Å². The summed E-state index contributed by atoms with van der Waals surface area (Å²) < 4.78 is 27.4. The van der Waals surface area contributed by atoms with Gasteiger partial charge in [0.2, 0.25) is 10.0 Å². The Morgan fingerprint density at radius 1 is 1.08 bits per heavy atom. The molecule has 1 aromatic rings. The van der Waals surface area contributed by atoms with Crippen LogP contribution in [0.3, 0.4) is 0 Å². The molecule has 24 heavy (non-hydrogen) atoms. The number of benzene rings is 1. The zero-order chi connectivity index (χ0) is 17.2. The second-order valence-electron chi connectivity index (χ2n) is 6.90. The number of carbonyl (C=O) groups is 1. The fourth-order valence-corrected chi connectivity index (χ4v) is 5.37. The summed E-state index contributed by atoms with van der Waals surface area (Å²) in [5, 5.41) is 3.03. The van der Waals surface area contributed by atoms with Crippen molar-refractivity contribution in [2.45, 2.75) is 62.8 Å². The van der Waals surface area contributed by atoms with E-state index in [0.717, 1.165) is 44.9 Å². The lowest BCUT2D eigenvalue weighted by molar-refractivity contribution is 0.0937. The number of amides is 1. The molecule has 1 amide bonds. The van der Waals surface area contributed by atoms with Gasteiger partial charge in [-0.3, -0.25) is 4.79 Å². The summed E-state index contributed by atoms with van der Waals surface area (Å²) in [6.45, 7) is 2.93. The Labute approximate surface area is 144 Å². The van der Waals surface area contributed by atoms with Crippen molar-refractivity contribution in [1.82, 2.24) is 9.62 Å². The molecule has 1 saturated carbocycles. The van der Waals surface area contributed by atoms with Crippen molar-refractivity contribution < 1.29 is 13.2 Å². The van der Waals surface area contributed by atoms with E-state index < -0.39 is 10.0 Å². The molecule has 2 fully saturated rings. The highest BCUT2D eigenvalue weighted by molar-refractivity contribution is 7.89. The molecule has 1 aliphatic carbocycles. The number of rotatable bonds is 4. The molecule has 3 rings (SSSR count). The zero-order valence-corrected chi connectivity index (χ0v) is 15.1. The van der Waals surface area contributed by atoms with Crippen LogP contribution in [0.5, 0.6) is 0 Å². The lowest BCUT2D eigenvalue weighted by Crippen LogP contribution is -2.36. The lowest BCUT2D eigenvalue weighted by Gasteiger charge is -2.26. The number of nitrogens with one attached hydrogen (secondary N) is 1. The third kappa shape index (κ3) is 3.64. The highest BCUT2D eigenvalue weighted by atomic mass is 32.2. The highest BCUT2D eigenvalue weighted by Gasteiger charge is 2.28. The van der Waals surface area contributed by atoms with Gasteiger partial charge in [0, 0.05) is 24.7 Å². The van der Waals surface area contributed by atoms with Gasteiger partial charge >= 0.3 is 0 Å². The Kier molecular flexibility index (Phi) is 5.25. The van der Waals surface area contributed by atoms with E-state index in [0.29, 0.717) is 24.2 Å². The number of nitrogens with zero attached hydrogens (tertiary/aromatic N) is 1. The van der Waals surface area contributed by atoms with Crippen LogP contribution in [0.4, 0.5) is 0 Å². The van der Waals surface area contributed by atoms with Gasteiger partial charge in [-0.05, 0) is 50.3 Å². The van der Waals surface area contributed by atoms with Gasteiger partial charge in [0.15, 0.2) is 0 Å². The minimum absolute atomic E-state index is 0.169. The molecule has 0 unspecified atom stereocenters. The van der Waals surface area contributed by atoms with E-state index in [4.69, 9.17) is 0 Å². The van der Waals surface area contributed by atoms with Crippen LogP contribution in [-0.4, -0.2) is 37.8 Å². The van der Waals surface area contributed by atoms with Gasteiger partial charge in [-0.15, -0.1) is 0 Å². The molecule has 2 aliphatic rings. The first-order valence-electron chi connectivity index (χ1n) is 8.90. The van der Waals surface area contributed by atoms with Crippen molar-refractivity contribution in [2.24, 2.45) is 0 Å². The van der Waals surface area contributed by atoms with Crippen molar-refractivity contribution in [2.75, 3.05) is 13.1 Å². The zero-order valence-electron chi connectivity index (χ0n) is 14.3. The predicted octanol–water partition coefficient (Wildman–Crippen LogP) is 2.84. The summed E-state index contributed by atoms with van der Waals surface area (Å²) >= 11 is 0. The summed E-state index contributed by atoms with van der Waals surface area (Å²) in [7, 11) is -3.52. The van der Waals surface area contributed by atoms with Crippen molar-refractivity contribution in [3.05, 3.63) is 29.3 Å². The van der Waals surface area contributed by atoms with Crippen molar-refractivity contribution in [1.29, 1.82) is 0 Å². The van der Waals surface area contributed by atoms with Gasteiger partial charge in [0.05, 0.1) is 4.90 Å². The second kappa shape index (κ2) is 7.23. The maximum Gasteiger partial charge on any atom is 0.251 e. The quantitative estimate of drug-likeness (QED) is 0.908. The van der Waals surface area contributed by atoms with E-state index in [-0.39, 0.29) is 16.8 Å². The van der Waals surface area contributed by atoms with Gasteiger partial charge in [-0.25, -0.2) is 8.42 Å². The average Bonchev–Trinajstić information content (AvgIpc) is 3.09. The SMILES string of the molecule is Cc1ccc(C(=O)NC2CCCC2)cc1S(=O)(=O)N1CCCCC1. The molecule has 1 saturated heterocycles. The number of hydrogen-bond acceptors (Lipinski definition) is 3. The first-order valence-corrected chi connectivity index (χ1v) is 10.3. The summed E-state index contributed by atoms with van der Waals surface area (Å²) in [4.78, 5) is 12.7. The molecule has 1 heterocycles. The van der Waals surface area contributed by atoms with E-state index in [1.54, 1.807) is 29.4 Å². The smallest absolute Gasteiger partial charge is 0.251 e. The van der Waals surface area contributed by atoms with Gasteiger partial charge in [-0.2, -0.15) is 4.31 Å². The predicted molar refractivity (Wildman–Crippen MR) is 93.5 cm³/mol. The Morgan fingerprint density at radius 3 is 2.42 bits per heavy atom. The molecule has 0 spiro atoms. The molecule has 1 N–H and O–H groups in total. The van der Waals surface area contributed by atoms with Crippen LogP contribution in [0.1, 0.15) is 60.9 Å². The first-order chi connectivity index (χ1) is 11.5. The summed E-state index contributed by atoms with van der Waals surface area (Å²) in [5.74, 6) is -0.169. The minimum Gasteiger partial charge on any atom is -0.349 e. The van der Waals surface area contributed by atoms with Crippen molar-refractivity contribution >= 4 is 15.9 Å². The maximum atomic E-state index is 12.9. The average molecular weight is 350 g/mol. The second-order valence-corrected chi connectivity index (χ2v) is 8.81. The van der Waals surface area contributed by atoms with Crippen LogP contribution in [0.2, 0.25) is 0 Å². The number of sulfonamides is 1. The molecule has 0 aromatic heterocycles. The summed E-state index contributed by atoms with van der Waals surface area (Å²) in [6.07, 6.45) is 7.20. The highest BCUT2D eigenvalue weighted by Crippen LogP contribution is 2.25. The van der Waals surface area contributed by atoms with Crippen LogP contribution in [-0.2, 0) is 10.0 Å². The van der Waals surface area contributed by atoms with Crippen molar-refractivity contribution in [3.8, 4) is 0 Å². The Morgan fingerprint density at radius 2 is 1.75 bits per heavy atom. The fourth-order valence-electron chi connectivity index (χ4n) is 3.60. The van der Waals surface area contributed by atoms with Gasteiger partial charge in [-0.1, -0.05) is 25.3 Å². The molecule has 0 radical (unpaired) electrons. The van der Waals surface area contributed by atoms with E-state index in [2.05, 4.69) is 5.32 Å². The standard InChI is InChI=1S/C18H26N2O3S/c1-14-9-10-15(18(21)19-16-7-3-4-8-16)13-17(14)24(22,23)20-11-5-2-6-12-20/h9-10,13,16H,2-8,11-12H2,1H3,(H,19,21). The summed E-state index contributed by atoms with van der Waals surface area (Å²) in [6, 6.07) is 5.22. The van der Waals surface area contributed by atoms with E-state index >= 15 is 0 Å². The molecule has 0 bridgehead atoms. The largest absolute Gasteiger partial charge is 0.349 e. The Bertz CT molecular complexity index is 703. The number of hydrogen-bond donors (Lipinski definition) is 1. The van der Waals surface area contributed by atoms with Gasteiger partial charge < -0.3 is 5.32 Å². The van der Waals surface area contributed by atoms with Crippen LogP contribution in [0.25, 0.3) is 0 Å². The lowest BCUT2D eigenvalue weighted by atomic mass is 10.1. The minimum atomic E-state index is -3.52. The van der Waals surface area contributed by atoms with Crippen molar-refractivity contribution in [3.63, 3.8) is 0 Å². The molecule has 5 nitrogen and oxygen atoms in total. The van der Waals surface area contributed by atoms with E-state index in [1.807, 2.05) is 0 Å².